The molecule has 0 unspecified atom stereocenters. The highest BCUT2D eigenvalue weighted by molar-refractivity contribution is 5.45. The Bertz CT molecular complexity index is 365. The van der Waals surface area contributed by atoms with Gasteiger partial charge < -0.3 is 10.6 Å². The summed E-state index contributed by atoms with van der Waals surface area (Å²) < 4.78 is 0. The zero-order chi connectivity index (χ0) is 11.1. The minimum atomic E-state index is -0.0504. The lowest BCUT2D eigenvalue weighted by Gasteiger charge is -2.46. The lowest BCUT2D eigenvalue weighted by atomic mass is 9.94. The Labute approximate surface area is 90.5 Å². The molecule has 4 nitrogen and oxygen atoms in total. The number of aryl methyl sites for hydroxylation is 2. The minimum Gasteiger partial charge on any atom is -0.353 e. The van der Waals surface area contributed by atoms with Crippen LogP contribution in [0.2, 0.25) is 0 Å². The number of aromatic nitrogens is 2. The predicted octanol–water partition coefficient (Wildman–Crippen LogP) is 0.885. The third-order valence-corrected chi connectivity index (χ3v) is 2.67. The number of nitrogens with two attached hydrogens (primary N) is 1. The number of hydrogen-bond acceptors (Lipinski definition) is 4. The molecule has 15 heavy (non-hydrogen) atoms. The van der Waals surface area contributed by atoms with Gasteiger partial charge >= 0.3 is 0 Å². The summed E-state index contributed by atoms with van der Waals surface area (Å²) in [6, 6.07) is 2.06. The molecule has 0 bridgehead atoms. The monoisotopic (exact) mass is 206 g/mol. The summed E-state index contributed by atoms with van der Waals surface area (Å²) in [6.07, 6.45) is 0.949. The minimum absolute atomic E-state index is 0.0504. The van der Waals surface area contributed by atoms with Gasteiger partial charge in [-0.1, -0.05) is 6.92 Å². The number of nitrogens with zero attached hydrogens (tertiary/aromatic N) is 3. The third-order valence-electron chi connectivity index (χ3n) is 2.67. The lowest BCUT2D eigenvalue weighted by molar-refractivity contribution is 0.362. The molecule has 1 saturated heterocycles. The second kappa shape index (κ2) is 3.45. The van der Waals surface area contributed by atoms with Crippen molar-refractivity contribution in [2.24, 2.45) is 5.73 Å². The van der Waals surface area contributed by atoms with Gasteiger partial charge in [-0.15, -0.1) is 0 Å². The van der Waals surface area contributed by atoms with Crippen LogP contribution in [0.1, 0.15) is 25.4 Å². The van der Waals surface area contributed by atoms with Gasteiger partial charge in [0.15, 0.2) is 0 Å². The van der Waals surface area contributed by atoms with Gasteiger partial charge in [0, 0.05) is 30.4 Å². The summed E-state index contributed by atoms with van der Waals surface area (Å²) in [5.41, 5.74) is 7.02. The van der Waals surface area contributed by atoms with E-state index in [0.29, 0.717) is 0 Å². The number of hydrogen-bond donors (Lipinski definition) is 1. The summed E-state index contributed by atoms with van der Waals surface area (Å²) in [5.74, 6) is 1.86. The molecule has 0 atom stereocenters. The van der Waals surface area contributed by atoms with Crippen LogP contribution in [0.25, 0.3) is 0 Å². The van der Waals surface area contributed by atoms with Gasteiger partial charge in [-0.2, -0.15) is 0 Å². The first-order valence-corrected chi connectivity index (χ1v) is 5.38. The molecule has 0 amide bonds. The van der Waals surface area contributed by atoms with Crippen molar-refractivity contribution in [1.82, 2.24) is 9.97 Å². The zero-order valence-corrected chi connectivity index (χ0v) is 9.62. The molecule has 1 aromatic rings. The Morgan fingerprint density at radius 2 is 2.13 bits per heavy atom. The largest absolute Gasteiger partial charge is 0.353 e. The molecule has 1 aromatic heterocycles. The summed E-state index contributed by atoms with van der Waals surface area (Å²) in [5, 5.41) is 0. The highest BCUT2D eigenvalue weighted by atomic mass is 15.3. The van der Waals surface area contributed by atoms with Crippen molar-refractivity contribution in [3.63, 3.8) is 0 Å². The third kappa shape index (κ3) is 2.09. The van der Waals surface area contributed by atoms with Crippen LogP contribution >= 0.6 is 0 Å². The first-order valence-electron chi connectivity index (χ1n) is 5.38. The van der Waals surface area contributed by atoms with Crippen molar-refractivity contribution < 1.29 is 0 Å². The van der Waals surface area contributed by atoms with Crippen LogP contribution in [0.5, 0.6) is 0 Å². The first-order chi connectivity index (χ1) is 7.00. The van der Waals surface area contributed by atoms with Crippen LogP contribution in [-0.2, 0) is 6.42 Å². The molecule has 82 valence electrons. The Balaban J connectivity index is 2.19. The van der Waals surface area contributed by atoms with Gasteiger partial charge in [-0.25, -0.2) is 9.97 Å². The van der Waals surface area contributed by atoms with E-state index in [-0.39, 0.29) is 5.54 Å². The van der Waals surface area contributed by atoms with E-state index < -0.39 is 0 Å². The molecule has 0 aliphatic carbocycles. The second-order valence-electron chi connectivity index (χ2n) is 4.63. The smallest absolute Gasteiger partial charge is 0.132 e. The quantitative estimate of drug-likeness (QED) is 0.780. The fourth-order valence-corrected chi connectivity index (χ4v) is 1.94. The van der Waals surface area contributed by atoms with E-state index in [1.807, 2.05) is 6.92 Å². The predicted molar refractivity (Wildman–Crippen MR) is 61.0 cm³/mol. The summed E-state index contributed by atoms with van der Waals surface area (Å²) in [7, 11) is 0. The van der Waals surface area contributed by atoms with Gasteiger partial charge in [-0.05, 0) is 20.3 Å². The first kappa shape index (κ1) is 10.4. The Kier molecular flexibility index (Phi) is 2.38. The van der Waals surface area contributed by atoms with E-state index in [9.17, 15) is 0 Å². The maximum Gasteiger partial charge on any atom is 0.132 e. The van der Waals surface area contributed by atoms with Crippen LogP contribution < -0.4 is 10.6 Å². The molecule has 2 heterocycles. The van der Waals surface area contributed by atoms with Gasteiger partial charge in [-0.3, -0.25) is 0 Å². The normalized spacial score (nSPS) is 18.8. The zero-order valence-electron chi connectivity index (χ0n) is 9.62. The van der Waals surface area contributed by atoms with Crippen LogP contribution in [0, 0.1) is 6.92 Å². The Hall–Kier alpha value is -1.16. The van der Waals surface area contributed by atoms with Crippen molar-refractivity contribution >= 4 is 5.82 Å². The van der Waals surface area contributed by atoms with Gasteiger partial charge in [0.1, 0.15) is 11.6 Å². The van der Waals surface area contributed by atoms with Crippen LogP contribution in [0.3, 0.4) is 0 Å². The van der Waals surface area contributed by atoms with E-state index in [1.54, 1.807) is 0 Å². The maximum absolute atomic E-state index is 5.97. The molecule has 1 aliphatic heterocycles. The SMILES string of the molecule is CCc1cc(N2CC(C)(N)C2)nc(C)n1. The topological polar surface area (TPSA) is 55.0 Å². The summed E-state index contributed by atoms with van der Waals surface area (Å²) in [6.45, 7) is 7.87. The highest BCUT2D eigenvalue weighted by Crippen LogP contribution is 2.24. The summed E-state index contributed by atoms with van der Waals surface area (Å²) in [4.78, 5) is 11.0. The van der Waals surface area contributed by atoms with Gasteiger partial charge in [0.25, 0.3) is 0 Å². The van der Waals surface area contributed by atoms with Gasteiger partial charge in [0.05, 0.1) is 0 Å². The maximum atomic E-state index is 5.97. The molecule has 0 aromatic carbocycles. The molecular formula is C11H18N4. The molecule has 1 fully saturated rings. The molecular weight excluding hydrogens is 188 g/mol. The van der Waals surface area contributed by atoms with Crippen molar-refractivity contribution in [1.29, 1.82) is 0 Å². The summed E-state index contributed by atoms with van der Waals surface area (Å²) >= 11 is 0. The lowest BCUT2D eigenvalue weighted by Crippen LogP contribution is -2.65. The average molecular weight is 206 g/mol. The van der Waals surface area contributed by atoms with E-state index in [0.717, 1.165) is 36.8 Å². The molecule has 0 saturated carbocycles. The average Bonchev–Trinajstić information content (AvgIpc) is 2.13. The standard InChI is InChI=1S/C11H18N4/c1-4-9-5-10(14-8(2)13-9)15-6-11(3,12)7-15/h5H,4,6-7,12H2,1-3H3. The van der Waals surface area contributed by atoms with E-state index in [4.69, 9.17) is 5.73 Å². The van der Waals surface area contributed by atoms with E-state index in [1.165, 1.54) is 0 Å². The van der Waals surface area contributed by atoms with Crippen LogP contribution in [-0.4, -0.2) is 28.6 Å². The van der Waals surface area contributed by atoms with Crippen molar-refractivity contribution in [3.05, 3.63) is 17.6 Å². The van der Waals surface area contributed by atoms with Crippen molar-refractivity contribution in [3.8, 4) is 0 Å². The molecule has 0 radical (unpaired) electrons. The molecule has 1 aliphatic rings. The second-order valence-corrected chi connectivity index (χ2v) is 4.63. The van der Waals surface area contributed by atoms with Crippen molar-refractivity contribution in [2.45, 2.75) is 32.7 Å². The fourth-order valence-electron chi connectivity index (χ4n) is 1.94. The number of anilines is 1. The van der Waals surface area contributed by atoms with E-state index in [2.05, 4.69) is 34.8 Å². The molecule has 0 spiro atoms. The molecule has 2 rings (SSSR count). The molecule has 4 heteroatoms. The van der Waals surface area contributed by atoms with Crippen LogP contribution in [0.4, 0.5) is 5.82 Å². The number of rotatable bonds is 2. The Morgan fingerprint density at radius 3 is 2.67 bits per heavy atom. The Morgan fingerprint density at radius 1 is 1.47 bits per heavy atom. The molecule has 2 N–H and O–H groups in total. The van der Waals surface area contributed by atoms with Gasteiger partial charge in [0.2, 0.25) is 0 Å². The van der Waals surface area contributed by atoms with Crippen molar-refractivity contribution in [2.75, 3.05) is 18.0 Å². The van der Waals surface area contributed by atoms with Crippen LogP contribution in [0.15, 0.2) is 6.07 Å². The fraction of sp³-hybridized carbons (Fsp3) is 0.636. The highest BCUT2D eigenvalue weighted by Gasteiger charge is 2.35. The van der Waals surface area contributed by atoms with E-state index >= 15 is 0 Å².